The molecular formula is C19H29F3IN5O2S. The number of benzene rings is 1. The van der Waals surface area contributed by atoms with Crippen molar-refractivity contribution >= 4 is 45.6 Å². The van der Waals surface area contributed by atoms with Gasteiger partial charge in [0, 0.05) is 58.5 Å². The summed E-state index contributed by atoms with van der Waals surface area (Å²) in [6, 6.07) is 10.2. The van der Waals surface area contributed by atoms with E-state index in [9.17, 15) is 21.6 Å². The zero-order chi connectivity index (χ0) is 21.8. The molecule has 0 radical (unpaired) electrons. The number of hydrogen-bond acceptors (Lipinski definition) is 4. The molecule has 31 heavy (non-hydrogen) atoms. The molecule has 0 bridgehead atoms. The molecule has 0 aromatic heterocycles. The van der Waals surface area contributed by atoms with E-state index in [1.54, 1.807) is 7.05 Å². The van der Waals surface area contributed by atoms with E-state index in [4.69, 9.17) is 0 Å². The number of sulfonamides is 1. The van der Waals surface area contributed by atoms with Crippen molar-refractivity contribution in [2.75, 3.05) is 57.8 Å². The van der Waals surface area contributed by atoms with E-state index in [1.165, 1.54) is 5.69 Å². The monoisotopic (exact) mass is 575 g/mol. The SMILES string of the molecule is CN=C(NCC1CCN(S(=O)(=O)C(F)(F)F)CC1)N1CCN(c2ccccc2)CC1.I. The van der Waals surface area contributed by atoms with Gasteiger partial charge in [0.15, 0.2) is 5.96 Å². The van der Waals surface area contributed by atoms with Crippen LogP contribution in [-0.2, 0) is 10.0 Å². The number of aliphatic imine (C=N–C) groups is 1. The van der Waals surface area contributed by atoms with Gasteiger partial charge in [-0.3, -0.25) is 4.99 Å². The number of anilines is 1. The van der Waals surface area contributed by atoms with Crippen LogP contribution in [0.25, 0.3) is 0 Å². The molecule has 7 nitrogen and oxygen atoms in total. The Morgan fingerprint density at radius 1 is 1.06 bits per heavy atom. The van der Waals surface area contributed by atoms with E-state index in [2.05, 4.69) is 32.2 Å². The van der Waals surface area contributed by atoms with Crippen molar-refractivity contribution in [3.05, 3.63) is 30.3 Å². The van der Waals surface area contributed by atoms with Crippen molar-refractivity contribution in [2.24, 2.45) is 10.9 Å². The van der Waals surface area contributed by atoms with Crippen molar-refractivity contribution in [3.8, 4) is 0 Å². The van der Waals surface area contributed by atoms with E-state index >= 15 is 0 Å². The molecule has 176 valence electrons. The second kappa shape index (κ2) is 11.0. The number of para-hydroxylation sites is 1. The number of nitrogens with zero attached hydrogens (tertiary/aromatic N) is 4. The highest BCUT2D eigenvalue weighted by atomic mass is 127. The molecule has 2 aliphatic heterocycles. The first-order chi connectivity index (χ1) is 14.2. The largest absolute Gasteiger partial charge is 0.511 e. The molecule has 1 aromatic rings. The number of alkyl halides is 3. The summed E-state index contributed by atoms with van der Waals surface area (Å²) < 4.78 is 61.6. The molecule has 0 unspecified atom stereocenters. The summed E-state index contributed by atoms with van der Waals surface area (Å²) in [4.78, 5) is 8.83. The van der Waals surface area contributed by atoms with Gasteiger partial charge in [0.05, 0.1) is 0 Å². The van der Waals surface area contributed by atoms with Gasteiger partial charge < -0.3 is 15.1 Å². The molecule has 12 heteroatoms. The van der Waals surface area contributed by atoms with E-state index in [0.29, 0.717) is 23.7 Å². The summed E-state index contributed by atoms with van der Waals surface area (Å²) in [6.07, 6.45) is 0.780. The Balaban J connectivity index is 0.00000341. The van der Waals surface area contributed by atoms with Crippen molar-refractivity contribution in [1.82, 2.24) is 14.5 Å². The summed E-state index contributed by atoms with van der Waals surface area (Å²) in [5.41, 5.74) is -4.04. The molecule has 0 spiro atoms. The minimum atomic E-state index is -5.23. The molecule has 0 aliphatic carbocycles. The van der Waals surface area contributed by atoms with Gasteiger partial charge in [-0.15, -0.1) is 24.0 Å². The molecule has 2 aliphatic rings. The second-order valence-electron chi connectivity index (χ2n) is 7.53. The molecule has 0 amide bonds. The molecule has 2 heterocycles. The van der Waals surface area contributed by atoms with Gasteiger partial charge in [0.25, 0.3) is 0 Å². The Hall–Kier alpha value is -1.28. The number of rotatable bonds is 4. The summed E-state index contributed by atoms with van der Waals surface area (Å²) in [5.74, 6) is 0.875. The maximum absolute atomic E-state index is 12.7. The molecule has 0 atom stereocenters. The maximum atomic E-state index is 12.7. The van der Waals surface area contributed by atoms with Crippen molar-refractivity contribution in [2.45, 2.75) is 18.3 Å². The minimum Gasteiger partial charge on any atom is -0.368 e. The number of nitrogens with one attached hydrogen (secondary N) is 1. The zero-order valence-corrected chi connectivity index (χ0v) is 20.5. The zero-order valence-electron chi connectivity index (χ0n) is 17.4. The number of halogens is 4. The van der Waals surface area contributed by atoms with E-state index < -0.39 is 15.5 Å². The lowest BCUT2D eigenvalue weighted by Gasteiger charge is -2.38. The second-order valence-corrected chi connectivity index (χ2v) is 9.46. The summed E-state index contributed by atoms with van der Waals surface area (Å²) in [7, 11) is -3.52. The highest BCUT2D eigenvalue weighted by molar-refractivity contribution is 14.0. The van der Waals surface area contributed by atoms with E-state index in [0.717, 1.165) is 32.1 Å². The Kier molecular flexibility index (Phi) is 9.25. The van der Waals surface area contributed by atoms with Gasteiger partial charge in [-0.1, -0.05) is 18.2 Å². The summed E-state index contributed by atoms with van der Waals surface area (Å²) >= 11 is 0. The molecule has 1 aromatic carbocycles. The van der Waals surface area contributed by atoms with Gasteiger partial charge in [-0.25, -0.2) is 8.42 Å². The third-order valence-corrected chi connectivity index (χ3v) is 7.30. The number of hydrogen-bond donors (Lipinski definition) is 1. The smallest absolute Gasteiger partial charge is 0.368 e. The topological polar surface area (TPSA) is 68.2 Å². The minimum absolute atomic E-state index is 0. The lowest BCUT2D eigenvalue weighted by molar-refractivity contribution is -0.0496. The van der Waals surface area contributed by atoms with Crippen LogP contribution in [0.15, 0.2) is 35.3 Å². The predicted octanol–water partition coefficient (Wildman–Crippen LogP) is 2.56. The fourth-order valence-electron chi connectivity index (χ4n) is 3.88. The quantitative estimate of drug-likeness (QED) is 0.340. The van der Waals surface area contributed by atoms with Crippen LogP contribution in [0.3, 0.4) is 0 Å². The van der Waals surface area contributed by atoms with Gasteiger partial charge in [-0.2, -0.15) is 17.5 Å². The first-order valence-electron chi connectivity index (χ1n) is 10.0. The highest BCUT2D eigenvalue weighted by Crippen LogP contribution is 2.30. The molecule has 0 saturated carbocycles. The number of piperidine rings is 1. The van der Waals surface area contributed by atoms with Crippen LogP contribution in [0.2, 0.25) is 0 Å². The Labute approximate surface area is 198 Å². The van der Waals surface area contributed by atoms with Crippen LogP contribution in [0.5, 0.6) is 0 Å². The van der Waals surface area contributed by atoms with Crippen LogP contribution in [0, 0.1) is 5.92 Å². The third kappa shape index (κ3) is 6.37. The molecule has 2 fully saturated rings. The lowest BCUT2D eigenvalue weighted by atomic mass is 9.98. The van der Waals surface area contributed by atoms with Crippen LogP contribution >= 0.6 is 24.0 Å². The number of guanidine groups is 1. The van der Waals surface area contributed by atoms with Crippen LogP contribution in [0.1, 0.15) is 12.8 Å². The molecular weight excluding hydrogens is 546 g/mol. The first kappa shape index (κ1) is 26.0. The average Bonchev–Trinajstić information content (AvgIpc) is 2.75. The molecule has 2 saturated heterocycles. The van der Waals surface area contributed by atoms with Crippen LogP contribution in [-0.4, -0.2) is 82.0 Å². The lowest BCUT2D eigenvalue weighted by Crippen LogP contribution is -2.53. The standard InChI is InChI=1S/C19H28F3N5O2S.HI/c1-23-18(26-13-11-25(12-14-26)17-5-3-2-4-6-17)24-15-16-7-9-27(10-8-16)30(28,29)19(20,21)22;/h2-6,16H,7-15H2,1H3,(H,23,24);1H. The fourth-order valence-corrected chi connectivity index (χ4v) is 4.87. The normalized spacial score (nSPS) is 19.8. The maximum Gasteiger partial charge on any atom is 0.511 e. The van der Waals surface area contributed by atoms with Crippen molar-refractivity contribution < 1.29 is 21.6 Å². The number of piperazine rings is 1. The van der Waals surface area contributed by atoms with Crippen LogP contribution in [0.4, 0.5) is 18.9 Å². The average molecular weight is 575 g/mol. The third-order valence-electron chi connectivity index (χ3n) is 5.67. The molecule has 1 N–H and O–H groups in total. The van der Waals surface area contributed by atoms with Gasteiger partial charge in [0.2, 0.25) is 0 Å². The first-order valence-corrected chi connectivity index (χ1v) is 11.5. The van der Waals surface area contributed by atoms with E-state index in [1.807, 2.05) is 18.2 Å². The van der Waals surface area contributed by atoms with Gasteiger partial charge in [-0.05, 0) is 30.9 Å². The predicted molar refractivity (Wildman–Crippen MR) is 126 cm³/mol. The fraction of sp³-hybridized carbons (Fsp3) is 0.632. The molecule has 3 rings (SSSR count). The van der Waals surface area contributed by atoms with Crippen LogP contribution < -0.4 is 10.2 Å². The summed E-state index contributed by atoms with van der Waals surface area (Å²) in [5, 5.41) is 3.31. The summed E-state index contributed by atoms with van der Waals surface area (Å²) in [6.45, 7) is 3.72. The highest BCUT2D eigenvalue weighted by Gasteiger charge is 2.50. The van der Waals surface area contributed by atoms with E-state index in [-0.39, 0.29) is 43.0 Å². The van der Waals surface area contributed by atoms with Crippen molar-refractivity contribution in [3.63, 3.8) is 0 Å². The van der Waals surface area contributed by atoms with Gasteiger partial charge in [0.1, 0.15) is 0 Å². The Bertz CT molecular complexity index is 823. The Morgan fingerprint density at radius 2 is 1.65 bits per heavy atom. The van der Waals surface area contributed by atoms with Crippen molar-refractivity contribution in [1.29, 1.82) is 0 Å². The Morgan fingerprint density at radius 3 is 2.16 bits per heavy atom. The van der Waals surface area contributed by atoms with Gasteiger partial charge >= 0.3 is 15.5 Å².